The van der Waals surface area contributed by atoms with E-state index in [1.807, 2.05) is 25.1 Å². The van der Waals surface area contributed by atoms with Crippen LogP contribution in [0.3, 0.4) is 0 Å². The largest absolute Gasteiger partial charge is 0.338 e. The molecule has 0 saturated heterocycles. The van der Waals surface area contributed by atoms with Crippen LogP contribution in [-0.2, 0) is 17.8 Å². The molecular formula is C14H19N3O2. The van der Waals surface area contributed by atoms with Gasteiger partial charge in [0.05, 0.1) is 0 Å². The van der Waals surface area contributed by atoms with E-state index in [1.165, 1.54) is 0 Å². The maximum Gasteiger partial charge on any atom is 0.315 e. The zero-order valence-corrected chi connectivity index (χ0v) is 11.1. The van der Waals surface area contributed by atoms with E-state index in [2.05, 4.69) is 16.0 Å². The number of hydrogen-bond acceptors (Lipinski definition) is 2. The van der Waals surface area contributed by atoms with Crippen LogP contribution in [0.5, 0.6) is 0 Å². The number of urea groups is 1. The number of rotatable bonds is 4. The van der Waals surface area contributed by atoms with Gasteiger partial charge < -0.3 is 16.0 Å². The molecule has 1 heterocycles. The van der Waals surface area contributed by atoms with Crippen LogP contribution in [0.4, 0.5) is 10.5 Å². The first-order valence-corrected chi connectivity index (χ1v) is 6.62. The SMILES string of the molecule is CCCNC(=O)NCc1ccc2c(c1)CCC(=O)N2. The molecule has 0 atom stereocenters. The zero-order chi connectivity index (χ0) is 13.7. The standard InChI is InChI=1S/C14H19N3O2/c1-2-7-15-14(19)16-9-10-3-5-12-11(8-10)4-6-13(18)17-12/h3,5,8H,2,4,6-7,9H2,1H3,(H,17,18)(H2,15,16,19). The van der Waals surface area contributed by atoms with E-state index in [9.17, 15) is 9.59 Å². The average Bonchev–Trinajstić information content (AvgIpc) is 2.42. The number of carbonyl (C=O) groups is 2. The molecule has 1 aromatic rings. The van der Waals surface area contributed by atoms with E-state index in [0.717, 1.165) is 29.7 Å². The first-order valence-electron chi connectivity index (χ1n) is 6.62. The summed E-state index contributed by atoms with van der Waals surface area (Å²) in [6.45, 7) is 3.19. The van der Waals surface area contributed by atoms with Gasteiger partial charge in [-0.1, -0.05) is 19.1 Å². The molecular weight excluding hydrogens is 242 g/mol. The Morgan fingerprint density at radius 1 is 1.32 bits per heavy atom. The third-order valence-electron chi connectivity index (χ3n) is 3.05. The predicted octanol–water partition coefficient (Wildman–Crippen LogP) is 1.78. The smallest absolute Gasteiger partial charge is 0.315 e. The summed E-state index contributed by atoms with van der Waals surface area (Å²) < 4.78 is 0. The Labute approximate surface area is 112 Å². The van der Waals surface area contributed by atoms with Crippen LogP contribution in [0, 0.1) is 0 Å². The number of fused-ring (bicyclic) bond motifs is 1. The highest BCUT2D eigenvalue weighted by atomic mass is 16.2. The fourth-order valence-corrected chi connectivity index (χ4v) is 2.03. The van der Waals surface area contributed by atoms with Crippen molar-refractivity contribution in [2.24, 2.45) is 0 Å². The molecule has 0 aliphatic carbocycles. The molecule has 5 heteroatoms. The molecule has 0 bridgehead atoms. The molecule has 0 saturated carbocycles. The highest BCUT2D eigenvalue weighted by Gasteiger charge is 2.14. The molecule has 3 amide bonds. The van der Waals surface area contributed by atoms with Crippen molar-refractivity contribution in [3.8, 4) is 0 Å². The van der Waals surface area contributed by atoms with Crippen molar-refractivity contribution < 1.29 is 9.59 Å². The van der Waals surface area contributed by atoms with Gasteiger partial charge in [-0.3, -0.25) is 4.79 Å². The van der Waals surface area contributed by atoms with Gasteiger partial charge in [0.1, 0.15) is 0 Å². The topological polar surface area (TPSA) is 70.2 Å². The molecule has 3 N–H and O–H groups in total. The number of anilines is 1. The quantitative estimate of drug-likeness (QED) is 0.773. The van der Waals surface area contributed by atoms with Crippen LogP contribution in [-0.4, -0.2) is 18.5 Å². The highest BCUT2D eigenvalue weighted by molar-refractivity contribution is 5.93. The van der Waals surface area contributed by atoms with E-state index in [1.54, 1.807) is 0 Å². The van der Waals surface area contributed by atoms with Crippen molar-refractivity contribution in [3.05, 3.63) is 29.3 Å². The lowest BCUT2D eigenvalue weighted by molar-refractivity contribution is -0.116. The lowest BCUT2D eigenvalue weighted by Crippen LogP contribution is -2.35. The fourth-order valence-electron chi connectivity index (χ4n) is 2.03. The summed E-state index contributed by atoms with van der Waals surface area (Å²) >= 11 is 0. The zero-order valence-electron chi connectivity index (χ0n) is 11.1. The Hall–Kier alpha value is -2.04. The van der Waals surface area contributed by atoms with E-state index in [0.29, 0.717) is 19.5 Å². The Morgan fingerprint density at radius 3 is 2.95 bits per heavy atom. The van der Waals surface area contributed by atoms with E-state index < -0.39 is 0 Å². The Bertz CT molecular complexity index is 486. The minimum atomic E-state index is -0.145. The predicted molar refractivity (Wildman–Crippen MR) is 73.9 cm³/mol. The van der Waals surface area contributed by atoms with Crippen LogP contribution in [0.2, 0.25) is 0 Å². The first-order chi connectivity index (χ1) is 9.19. The minimum Gasteiger partial charge on any atom is -0.338 e. The molecule has 0 unspecified atom stereocenters. The van der Waals surface area contributed by atoms with Crippen molar-refractivity contribution in [1.29, 1.82) is 0 Å². The van der Waals surface area contributed by atoms with Crippen molar-refractivity contribution in [3.63, 3.8) is 0 Å². The second-order valence-corrected chi connectivity index (χ2v) is 4.65. The fraction of sp³-hybridized carbons (Fsp3) is 0.429. The van der Waals surface area contributed by atoms with Gasteiger partial charge in [-0.05, 0) is 30.0 Å². The maximum atomic E-state index is 11.4. The molecule has 1 aliphatic rings. The van der Waals surface area contributed by atoms with Crippen molar-refractivity contribution in [2.75, 3.05) is 11.9 Å². The van der Waals surface area contributed by atoms with Gasteiger partial charge in [0.2, 0.25) is 5.91 Å². The summed E-state index contributed by atoms with van der Waals surface area (Å²) in [7, 11) is 0. The lowest BCUT2D eigenvalue weighted by Gasteiger charge is -2.17. The number of carbonyl (C=O) groups excluding carboxylic acids is 2. The molecule has 19 heavy (non-hydrogen) atoms. The minimum absolute atomic E-state index is 0.0670. The number of amides is 3. The molecule has 0 spiro atoms. The molecule has 0 aromatic heterocycles. The summed E-state index contributed by atoms with van der Waals surface area (Å²) in [5, 5.41) is 8.42. The maximum absolute atomic E-state index is 11.4. The van der Waals surface area contributed by atoms with Crippen molar-refractivity contribution in [2.45, 2.75) is 32.7 Å². The van der Waals surface area contributed by atoms with E-state index >= 15 is 0 Å². The Balaban J connectivity index is 1.91. The molecule has 102 valence electrons. The van der Waals surface area contributed by atoms with Crippen LogP contribution < -0.4 is 16.0 Å². The molecule has 0 fully saturated rings. The highest BCUT2D eigenvalue weighted by Crippen LogP contribution is 2.23. The van der Waals surface area contributed by atoms with Crippen LogP contribution in [0.25, 0.3) is 0 Å². The van der Waals surface area contributed by atoms with Gasteiger partial charge >= 0.3 is 6.03 Å². The first kappa shape index (κ1) is 13.4. The van der Waals surface area contributed by atoms with Gasteiger partial charge in [-0.2, -0.15) is 0 Å². The summed E-state index contributed by atoms with van der Waals surface area (Å²) in [5.41, 5.74) is 3.06. The van der Waals surface area contributed by atoms with Crippen LogP contribution >= 0.6 is 0 Å². The van der Waals surface area contributed by atoms with Gasteiger partial charge in [-0.25, -0.2) is 4.79 Å². The van der Waals surface area contributed by atoms with E-state index in [-0.39, 0.29) is 11.9 Å². The monoisotopic (exact) mass is 261 g/mol. The number of nitrogens with one attached hydrogen (secondary N) is 3. The molecule has 5 nitrogen and oxygen atoms in total. The van der Waals surface area contributed by atoms with Crippen LogP contribution in [0.15, 0.2) is 18.2 Å². The van der Waals surface area contributed by atoms with Gasteiger partial charge in [0.25, 0.3) is 0 Å². The second-order valence-electron chi connectivity index (χ2n) is 4.65. The van der Waals surface area contributed by atoms with E-state index in [4.69, 9.17) is 0 Å². The third-order valence-corrected chi connectivity index (χ3v) is 3.05. The molecule has 2 rings (SSSR count). The van der Waals surface area contributed by atoms with Crippen molar-refractivity contribution in [1.82, 2.24) is 10.6 Å². The normalized spacial score (nSPS) is 13.4. The third kappa shape index (κ3) is 3.71. The van der Waals surface area contributed by atoms with Gasteiger partial charge in [0, 0.05) is 25.2 Å². The Kier molecular flexibility index (Phi) is 4.39. The number of benzene rings is 1. The van der Waals surface area contributed by atoms with Crippen molar-refractivity contribution >= 4 is 17.6 Å². The molecule has 0 radical (unpaired) electrons. The number of aryl methyl sites for hydroxylation is 1. The van der Waals surface area contributed by atoms with Gasteiger partial charge in [0.15, 0.2) is 0 Å². The summed E-state index contributed by atoms with van der Waals surface area (Å²) in [5.74, 6) is 0.0670. The Morgan fingerprint density at radius 2 is 2.16 bits per heavy atom. The van der Waals surface area contributed by atoms with Crippen LogP contribution in [0.1, 0.15) is 30.9 Å². The van der Waals surface area contributed by atoms with Gasteiger partial charge in [-0.15, -0.1) is 0 Å². The summed E-state index contributed by atoms with van der Waals surface area (Å²) in [6, 6.07) is 5.71. The number of hydrogen-bond donors (Lipinski definition) is 3. The molecule has 1 aliphatic heterocycles. The molecule has 1 aromatic carbocycles. The second kappa shape index (κ2) is 6.22. The average molecular weight is 261 g/mol. The lowest BCUT2D eigenvalue weighted by atomic mass is 10.0. The summed E-state index contributed by atoms with van der Waals surface area (Å²) in [6.07, 6.45) is 2.21. The summed E-state index contributed by atoms with van der Waals surface area (Å²) in [4.78, 5) is 22.7.